The first-order valence-electron chi connectivity index (χ1n) is 5.86. The predicted octanol–water partition coefficient (Wildman–Crippen LogP) is 0.974. The van der Waals surface area contributed by atoms with Gasteiger partial charge in [-0.05, 0) is 12.1 Å². The van der Waals surface area contributed by atoms with E-state index in [2.05, 4.69) is 5.32 Å². The molecular formula is C12H12N2O7S. The van der Waals surface area contributed by atoms with Crippen molar-refractivity contribution in [3.63, 3.8) is 0 Å². The second-order valence-corrected chi connectivity index (χ2v) is 5.21. The number of rotatable bonds is 7. The van der Waals surface area contributed by atoms with Gasteiger partial charge in [0.2, 0.25) is 5.91 Å². The molecule has 1 atom stereocenters. The van der Waals surface area contributed by atoms with Crippen molar-refractivity contribution in [2.24, 2.45) is 0 Å². The lowest BCUT2D eigenvalue weighted by Crippen LogP contribution is -2.41. The van der Waals surface area contributed by atoms with E-state index in [4.69, 9.17) is 10.2 Å². The van der Waals surface area contributed by atoms with Crippen LogP contribution in [0.15, 0.2) is 23.1 Å². The molecule has 22 heavy (non-hydrogen) atoms. The Kier molecular flexibility index (Phi) is 5.87. The number of nitro benzene ring substituents is 1. The molecule has 0 heterocycles. The van der Waals surface area contributed by atoms with E-state index >= 15 is 0 Å². The van der Waals surface area contributed by atoms with Gasteiger partial charge in [-0.3, -0.25) is 14.9 Å². The normalized spacial score (nSPS) is 11.5. The number of hydrogen-bond acceptors (Lipinski definition) is 6. The molecule has 1 aromatic carbocycles. The second-order valence-electron chi connectivity index (χ2n) is 4.15. The highest BCUT2D eigenvalue weighted by Crippen LogP contribution is 2.30. The lowest BCUT2D eigenvalue weighted by molar-refractivity contribution is -0.387. The predicted molar refractivity (Wildman–Crippen MR) is 76.0 cm³/mol. The van der Waals surface area contributed by atoms with E-state index in [0.29, 0.717) is 0 Å². The number of carboxylic acid groups (broad SMARTS) is 2. The Hall–Kier alpha value is -2.62. The van der Waals surface area contributed by atoms with Crippen LogP contribution < -0.4 is 5.32 Å². The summed E-state index contributed by atoms with van der Waals surface area (Å²) >= 11 is 0.844. The van der Waals surface area contributed by atoms with E-state index in [-0.39, 0.29) is 16.2 Å². The minimum atomic E-state index is -1.30. The SMILES string of the molecule is CC(=O)N[C@@H](CSc1ccc(C(=O)O)cc1[N+](=O)[O-])C(=O)O. The topological polar surface area (TPSA) is 147 Å². The van der Waals surface area contributed by atoms with E-state index in [1.54, 1.807) is 0 Å². The summed E-state index contributed by atoms with van der Waals surface area (Å²) in [4.78, 5) is 43.0. The summed E-state index contributed by atoms with van der Waals surface area (Å²) in [5, 5.41) is 30.9. The van der Waals surface area contributed by atoms with Crippen LogP contribution in [0.5, 0.6) is 0 Å². The van der Waals surface area contributed by atoms with Crippen LogP contribution in [0.3, 0.4) is 0 Å². The molecule has 1 amide bonds. The summed E-state index contributed by atoms with van der Waals surface area (Å²) < 4.78 is 0. The van der Waals surface area contributed by atoms with Crippen molar-refractivity contribution in [1.82, 2.24) is 5.32 Å². The highest BCUT2D eigenvalue weighted by Gasteiger charge is 2.22. The fraction of sp³-hybridized carbons (Fsp3) is 0.250. The van der Waals surface area contributed by atoms with Gasteiger partial charge in [-0.2, -0.15) is 0 Å². The Morgan fingerprint density at radius 1 is 1.36 bits per heavy atom. The zero-order chi connectivity index (χ0) is 16.9. The molecule has 0 fully saturated rings. The Labute approximate surface area is 128 Å². The number of amides is 1. The molecule has 1 rings (SSSR count). The van der Waals surface area contributed by atoms with Crippen molar-refractivity contribution >= 4 is 35.3 Å². The number of nitro groups is 1. The van der Waals surface area contributed by atoms with Gasteiger partial charge < -0.3 is 15.5 Å². The third-order valence-electron chi connectivity index (χ3n) is 2.48. The van der Waals surface area contributed by atoms with Crippen molar-refractivity contribution in [2.45, 2.75) is 17.9 Å². The van der Waals surface area contributed by atoms with Crippen LogP contribution in [0.1, 0.15) is 17.3 Å². The van der Waals surface area contributed by atoms with Gasteiger partial charge in [0.25, 0.3) is 5.69 Å². The van der Waals surface area contributed by atoms with Crippen LogP contribution in [-0.2, 0) is 9.59 Å². The molecule has 0 spiro atoms. The molecule has 0 aliphatic rings. The van der Waals surface area contributed by atoms with E-state index < -0.39 is 34.5 Å². The number of benzene rings is 1. The fourth-order valence-corrected chi connectivity index (χ4v) is 2.53. The summed E-state index contributed by atoms with van der Waals surface area (Å²) in [5.74, 6) is -3.25. The van der Waals surface area contributed by atoms with Crippen molar-refractivity contribution in [2.75, 3.05) is 5.75 Å². The Bertz CT molecular complexity index is 632. The minimum absolute atomic E-state index is 0.117. The van der Waals surface area contributed by atoms with Crippen LogP contribution in [-0.4, -0.2) is 44.8 Å². The zero-order valence-corrected chi connectivity index (χ0v) is 12.1. The number of carbonyl (C=O) groups is 3. The molecule has 1 aromatic rings. The molecule has 10 heteroatoms. The lowest BCUT2D eigenvalue weighted by Gasteiger charge is -2.12. The molecule has 0 radical (unpaired) electrons. The average Bonchev–Trinajstić information content (AvgIpc) is 2.42. The molecule has 0 unspecified atom stereocenters. The maximum absolute atomic E-state index is 11.0. The molecule has 0 saturated carbocycles. The second kappa shape index (κ2) is 7.41. The number of carbonyl (C=O) groups excluding carboxylic acids is 1. The van der Waals surface area contributed by atoms with E-state index in [1.807, 2.05) is 0 Å². The Morgan fingerprint density at radius 2 is 2.00 bits per heavy atom. The van der Waals surface area contributed by atoms with Gasteiger partial charge in [-0.15, -0.1) is 11.8 Å². The van der Waals surface area contributed by atoms with E-state index in [9.17, 15) is 24.5 Å². The van der Waals surface area contributed by atoms with Gasteiger partial charge in [0.1, 0.15) is 6.04 Å². The van der Waals surface area contributed by atoms with E-state index in [1.165, 1.54) is 12.1 Å². The first-order chi connectivity index (χ1) is 10.2. The Balaban J connectivity index is 2.97. The largest absolute Gasteiger partial charge is 0.480 e. The van der Waals surface area contributed by atoms with Gasteiger partial charge in [0, 0.05) is 18.7 Å². The number of hydrogen-bond donors (Lipinski definition) is 3. The summed E-state index contributed by atoms with van der Waals surface area (Å²) in [6.45, 7) is 1.16. The standard InChI is InChI=1S/C12H12N2O7S/c1-6(15)13-8(12(18)19)5-22-10-3-2-7(11(16)17)4-9(10)14(20)21/h2-4,8H,5H2,1H3,(H,13,15)(H,16,17)(H,18,19)/t8-/m0/s1. The van der Waals surface area contributed by atoms with Gasteiger partial charge in [-0.1, -0.05) is 0 Å². The van der Waals surface area contributed by atoms with Crippen molar-refractivity contribution < 1.29 is 29.5 Å². The number of thioether (sulfide) groups is 1. The first-order valence-corrected chi connectivity index (χ1v) is 6.85. The van der Waals surface area contributed by atoms with Crippen molar-refractivity contribution in [1.29, 1.82) is 0 Å². The van der Waals surface area contributed by atoms with Gasteiger partial charge in [-0.25, -0.2) is 9.59 Å². The van der Waals surface area contributed by atoms with Crippen LogP contribution in [0.2, 0.25) is 0 Å². The van der Waals surface area contributed by atoms with Crippen molar-refractivity contribution in [3.8, 4) is 0 Å². The third kappa shape index (κ3) is 4.74. The number of carboxylic acids is 2. The number of nitrogens with one attached hydrogen (secondary N) is 1. The molecule has 0 bridgehead atoms. The summed E-state index contributed by atoms with van der Waals surface area (Å²) in [7, 11) is 0. The summed E-state index contributed by atoms with van der Waals surface area (Å²) in [5.41, 5.74) is -0.676. The maximum atomic E-state index is 11.0. The summed E-state index contributed by atoms with van der Waals surface area (Å²) in [6.07, 6.45) is 0. The molecule has 0 aromatic heterocycles. The monoisotopic (exact) mass is 328 g/mol. The van der Waals surface area contributed by atoms with Crippen LogP contribution in [0, 0.1) is 10.1 Å². The van der Waals surface area contributed by atoms with Crippen molar-refractivity contribution in [3.05, 3.63) is 33.9 Å². The van der Waals surface area contributed by atoms with Gasteiger partial charge in [0.05, 0.1) is 15.4 Å². The highest BCUT2D eigenvalue weighted by molar-refractivity contribution is 7.99. The molecule has 118 valence electrons. The highest BCUT2D eigenvalue weighted by atomic mass is 32.2. The van der Waals surface area contributed by atoms with Crippen LogP contribution >= 0.6 is 11.8 Å². The minimum Gasteiger partial charge on any atom is -0.480 e. The quantitative estimate of drug-likeness (QED) is 0.381. The third-order valence-corrected chi connectivity index (χ3v) is 3.64. The Morgan fingerprint density at radius 3 is 2.45 bits per heavy atom. The molecular weight excluding hydrogens is 316 g/mol. The molecule has 0 aliphatic carbocycles. The smallest absolute Gasteiger partial charge is 0.335 e. The van der Waals surface area contributed by atoms with Gasteiger partial charge >= 0.3 is 11.9 Å². The average molecular weight is 328 g/mol. The van der Waals surface area contributed by atoms with E-state index in [0.717, 1.165) is 24.8 Å². The zero-order valence-electron chi connectivity index (χ0n) is 11.3. The number of nitrogens with zero attached hydrogens (tertiary/aromatic N) is 1. The molecule has 0 aliphatic heterocycles. The summed E-state index contributed by atoms with van der Waals surface area (Å²) in [6, 6.07) is 2.12. The molecule has 0 saturated heterocycles. The lowest BCUT2D eigenvalue weighted by atomic mass is 10.2. The number of aromatic carboxylic acids is 1. The first kappa shape index (κ1) is 17.4. The fourth-order valence-electron chi connectivity index (χ4n) is 1.51. The maximum Gasteiger partial charge on any atom is 0.335 e. The van der Waals surface area contributed by atoms with Crippen LogP contribution in [0.4, 0.5) is 5.69 Å². The van der Waals surface area contributed by atoms with Crippen LogP contribution in [0.25, 0.3) is 0 Å². The number of aliphatic carboxylic acids is 1. The molecule has 3 N–H and O–H groups in total. The molecule has 9 nitrogen and oxygen atoms in total. The van der Waals surface area contributed by atoms with Gasteiger partial charge in [0.15, 0.2) is 0 Å².